The van der Waals surface area contributed by atoms with Gasteiger partial charge in [0.15, 0.2) is 0 Å². The van der Waals surface area contributed by atoms with Crippen LogP contribution in [-0.2, 0) is 20.9 Å². The Kier molecular flexibility index (Phi) is 8.18. The zero-order valence-corrected chi connectivity index (χ0v) is 23.0. The van der Waals surface area contributed by atoms with Crippen LogP contribution in [0.4, 0.5) is 0 Å². The first-order valence-corrected chi connectivity index (χ1v) is 14.4. The summed E-state index contributed by atoms with van der Waals surface area (Å²) in [4.78, 5) is 42.9. The second-order valence-corrected chi connectivity index (χ2v) is 12.8. The fourth-order valence-corrected chi connectivity index (χ4v) is 9.80. The maximum atomic E-state index is 14.0. The van der Waals surface area contributed by atoms with Gasteiger partial charge in [-0.05, 0) is 31.7 Å². The largest absolute Gasteiger partial charge is 0.394 e. The number of hydrogen-bond acceptors (Lipinski definition) is 5. The summed E-state index contributed by atoms with van der Waals surface area (Å²) in [5, 5.41) is 16.2. The van der Waals surface area contributed by atoms with E-state index in [9.17, 15) is 19.5 Å². The highest BCUT2D eigenvalue weighted by Gasteiger charge is 2.76. The van der Waals surface area contributed by atoms with Gasteiger partial charge in [-0.25, -0.2) is 0 Å². The van der Waals surface area contributed by atoms with E-state index in [2.05, 4.69) is 33.5 Å². The summed E-state index contributed by atoms with van der Waals surface area (Å²) in [6.07, 6.45) is 2.97. The minimum Gasteiger partial charge on any atom is -0.394 e. The van der Waals surface area contributed by atoms with E-state index in [1.165, 1.54) is 0 Å². The molecule has 3 aliphatic heterocycles. The summed E-state index contributed by atoms with van der Waals surface area (Å²) in [6, 6.07) is 8.52. The lowest BCUT2D eigenvalue weighted by atomic mass is 9.70. The Bertz CT molecular complexity index is 946. The molecule has 0 aromatic heterocycles. The molecule has 4 unspecified atom stereocenters. The van der Waals surface area contributed by atoms with Crippen LogP contribution < -0.4 is 10.6 Å². The molecule has 3 aliphatic rings. The molecule has 35 heavy (non-hydrogen) atoms. The first-order chi connectivity index (χ1) is 16.8. The van der Waals surface area contributed by atoms with Gasteiger partial charge >= 0.3 is 0 Å². The molecule has 4 rings (SSSR count). The number of hydrogen-bond donors (Lipinski definition) is 3. The zero-order chi connectivity index (χ0) is 25.3. The fraction of sp³-hybridized carbons (Fsp3) is 0.654. The predicted octanol–water partition coefficient (Wildman–Crippen LogP) is 2.84. The van der Waals surface area contributed by atoms with Crippen molar-refractivity contribution in [2.24, 2.45) is 11.8 Å². The third-order valence-corrected chi connectivity index (χ3v) is 11.0. The number of rotatable bonds is 10. The number of carbonyl (C=O) groups excluding carboxylic acids is 3. The number of likely N-dealkylation sites (tertiary alicyclic amines) is 1. The molecular formula is C26H36BrN3O4S. The molecule has 1 aromatic rings. The number of benzene rings is 1. The number of aliphatic hydroxyl groups excluding tert-OH is 1. The van der Waals surface area contributed by atoms with E-state index in [0.717, 1.165) is 18.4 Å². The van der Waals surface area contributed by atoms with Crippen molar-refractivity contribution in [3.8, 4) is 0 Å². The Balaban J connectivity index is 1.66. The molecule has 3 fully saturated rings. The van der Waals surface area contributed by atoms with E-state index in [1.54, 1.807) is 16.7 Å². The van der Waals surface area contributed by atoms with Gasteiger partial charge in [-0.2, -0.15) is 0 Å². The average Bonchev–Trinajstić information content (AvgIpc) is 3.43. The van der Waals surface area contributed by atoms with Gasteiger partial charge in [0.1, 0.15) is 6.04 Å². The molecule has 192 valence electrons. The van der Waals surface area contributed by atoms with E-state index >= 15 is 0 Å². The lowest BCUT2D eigenvalue weighted by Gasteiger charge is -2.37. The number of carbonyl (C=O) groups is 3. The number of nitrogens with one attached hydrogen (secondary N) is 2. The lowest BCUT2D eigenvalue weighted by Crippen LogP contribution is -2.58. The lowest BCUT2D eigenvalue weighted by molar-refractivity contribution is -0.143. The van der Waals surface area contributed by atoms with Gasteiger partial charge in [-0.1, -0.05) is 66.5 Å². The van der Waals surface area contributed by atoms with Crippen LogP contribution in [0.5, 0.6) is 0 Å². The highest BCUT2D eigenvalue weighted by atomic mass is 79.9. The molecule has 8 atom stereocenters. The van der Waals surface area contributed by atoms with E-state index in [0.29, 0.717) is 19.4 Å². The standard InChI is InChI=1S/C26H36BrN3O4S/c1-4-9-15(3)29-24(33)22-26-12-18(27)21(35-26)19(20(26)25(34)30(22)17(5-2)14-31)23(32)28-13-16-10-7-6-8-11-16/h6-8,10-11,15,17-22,31H,4-5,9,12-14H2,1-3H3,(H,28,32)(H,29,33)/t15?,17-,18?,19+,20-,21+,22?,26?/m0/s1. The second-order valence-electron chi connectivity index (χ2n) is 10.1. The molecule has 3 saturated heterocycles. The quantitative estimate of drug-likeness (QED) is 0.379. The summed E-state index contributed by atoms with van der Waals surface area (Å²) >= 11 is 5.41. The number of alkyl halides is 1. The van der Waals surface area contributed by atoms with E-state index in [1.807, 2.05) is 44.2 Å². The van der Waals surface area contributed by atoms with Crippen LogP contribution in [0.3, 0.4) is 0 Å². The SMILES string of the molecule is CCCC(C)NC(=O)C1N([C@@H](CC)CO)C(=O)[C@@H]2[C@@H](C(=O)NCc3ccccc3)[C@@H]3SC12CC3Br. The Labute approximate surface area is 220 Å². The van der Waals surface area contributed by atoms with Crippen LogP contribution in [0.25, 0.3) is 0 Å². The second kappa shape index (κ2) is 10.8. The van der Waals surface area contributed by atoms with Crippen LogP contribution in [0.1, 0.15) is 52.0 Å². The average molecular weight is 567 g/mol. The van der Waals surface area contributed by atoms with Crippen LogP contribution in [-0.4, -0.2) is 67.3 Å². The van der Waals surface area contributed by atoms with Crippen molar-refractivity contribution in [3.05, 3.63) is 35.9 Å². The van der Waals surface area contributed by atoms with Gasteiger partial charge in [-0.15, -0.1) is 11.8 Å². The van der Waals surface area contributed by atoms with Crippen molar-refractivity contribution in [1.82, 2.24) is 15.5 Å². The molecule has 3 heterocycles. The zero-order valence-electron chi connectivity index (χ0n) is 20.6. The number of halogens is 1. The Hall–Kier alpha value is -1.58. The van der Waals surface area contributed by atoms with Gasteiger partial charge in [0.05, 0.1) is 29.2 Å². The highest BCUT2D eigenvalue weighted by molar-refractivity contribution is 9.09. The van der Waals surface area contributed by atoms with Gasteiger partial charge in [0, 0.05) is 22.7 Å². The predicted molar refractivity (Wildman–Crippen MR) is 141 cm³/mol. The Morgan fingerprint density at radius 2 is 1.97 bits per heavy atom. The van der Waals surface area contributed by atoms with Crippen molar-refractivity contribution in [2.45, 2.75) is 85.9 Å². The number of thioether (sulfide) groups is 1. The molecule has 1 aromatic carbocycles. The van der Waals surface area contributed by atoms with Crippen LogP contribution in [0, 0.1) is 11.8 Å². The van der Waals surface area contributed by atoms with Crippen molar-refractivity contribution >= 4 is 45.4 Å². The molecule has 0 saturated carbocycles. The van der Waals surface area contributed by atoms with Crippen molar-refractivity contribution < 1.29 is 19.5 Å². The molecule has 0 radical (unpaired) electrons. The Morgan fingerprint density at radius 3 is 2.60 bits per heavy atom. The van der Waals surface area contributed by atoms with Gasteiger partial charge in [0.25, 0.3) is 0 Å². The summed E-state index contributed by atoms with van der Waals surface area (Å²) in [7, 11) is 0. The molecule has 3 N–H and O–H groups in total. The maximum absolute atomic E-state index is 14.0. The smallest absolute Gasteiger partial charge is 0.244 e. The van der Waals surface area contributed by atoms with Crippen molar-refractivity contribution in [1.29, 1.82) is 0 Å². The van der Waals surface area contributed by atoms with Gasteiger partial charge < -0.3 is 20.6 Å². The van der Waals surface area contributed by atoms with Crippen LogP contribution in [0.2, 0.25) is 0 Å². The van der Waals surface area contributed by atoms with Gasteiger partial charge in [0.2, 0.25) is 17.7 Å². The third kappa shape index (κ3) is 4.64. The number of aliphatic hydroxyl groups is 1. The number of fused-ring (bicyclic) bond motifs is 1. The highest BCUT2D eigenvalue weighted by Crippen LogP contribution is 2.68. The van der Waals surface area contributed by atoms with Crippen molar-refractivity contribution in [2.75, 3.05) is 6.61 Å². The van der Waals surface area contributed by atoms with Gasteiger partial charge in [-0.3, -0.25) is 14.4 Å². The topological polar surface area (TPSA) is 98.7 Å². The third-order valence-electron chi connectivity index (χ3n) is 7.77. The number of amides is 3. The molecule has 0 aliphatic carbocycles. The molecule has 9 heteroatoms. The van der Waals surface area contributed by atoms with E-state index in [4.69, 9.17) is 0 Å². The molecule has 1 spiro atoms. The number of nitrogens with zero attached hydrogens (tertiary/aromatic N) is 1. The van der Waals surface area contributed by atoms with E-state index in [-0.39, 0.29) is 40.4 Å². The monoisotopic (exact) mass is 565 g/mol. The minimum absolute atomic E-state index is 0.0116. The van der Waals surface area contributed by atoms with Crippen molar-refractivity contribution in [3.63, 3.8) is 0 Å². The van der Waals surface area contributed by atoms with E-state index < -0.39 is 28.7 Å². The summed E-state index contributed by atoms with van der Waals surface area (Å²) in [6.45, 7) is 6.15. The first kappa shape index (κ1) is 26.5. The summed E-state index contributed by atoms with van der Waals surface area (Å²) < 4.78 is -0.691. The Morgan fingerprint density at radius 1 is 1.26 bits per heavy atom. The van der Waals surface area contributed by atoms with Crippen LogP contribution >= 0.6 is 27.7 Å². The molecule has 7 nitrogen and oxygen atoms in total. The minimum atomic E-state index is -0.710. The fourth-order valence-electron chi connectivity index (χ4n) is 6.20. The summed E-state index contributed by atoms with van der Waals surface area (Å²) in [5.41, 5.74) is 0.995. The van der Waals surface area contributed by atoms with Crippen LogP contribution in [0.15, 0.2) is 30.3 Å². The normalized spacial score (nSPS) is 32.9. The first-order valence-electron chi connectivity index (χ1n) is 12.7. The molecule has 2 bridgehead atoms. The molecule has 3 amide bonds. The molecular weight excluding hydrogens is 530 g/mol. The maximum Gasteiger partial charge on any atom is 0.244 e. The summed E-state index contributed by atoms with van der Waals surface area (Å²) in [5.74, 6) is -1.61.